The highest BCUT2D eigenvalue weighted by molar-refractivity contribution is 9.10. The monoisotopic (exact) mass is 367 g/mol. The lowest BCUT2D eigenvalue weighted by molar-refractivity contribution is 0.750. The predicted octanol–water partition coefficient (Wildman–Crippen LogP) is 4.87. The van der Waals surface area contributed by atoms with Crippen LogP contribution in [0, 0.1) is 6.92 Å². The summed E-state index contributed by atoms with van der Waals surface area (Å²) in [5.41, 5.74) is 3.88. The summed E-state index contributed by atoms with van der Waals surface area (Å²) >= 11 is 7.04. The first-order valence-electron chi connectivity index (χ1n) is 5.92. The van der Waals surface area contributed by atoms with Crippen LogP contribution in [0.2, 0.25) is 0 Å². The molecular weight excluding hydrogens is 354 g/mol. The molecule has 1 unspecified atom stereocenters. The quantitative estimate of drug-likeness (QED) is 0.701. The largest absolute Gasteiger partial charge is 0.260 e. The zero-order valence-corrected chi connectivity index (χ0v) is 13.4. The minimum absolute atomic E-state index is 0.472. The fourth-order valence-corrected chi connectivity index (χ4v) is 2.88. The average Bonchev–Trinajstić information content (AvgIpc) is 2.39. The van der Waals surface area contributed by atoms with E-state index in [9.17, 15) is 0 Å². The average molecular weight is 369 g/mol. The van der Waals surface area contributed by atoms with Crippen molar-refractivity contribution >= 4 is 31.9 Å². The number of hydrogen-bond donors (Lipinski definition) is 0. The third kappa shape index (κ3) is 3.42. The summed E-state index contributed by atoms with van der Waals surface area (Å²) in [6.45, 7) is 2.17. The summed E-state index contributed by atoms with van der Waals surface area (Å²) in [6.07, 6.45) is 2.82. The molecule has 0 fully saturated rings. The van der Waals surface area contributed by atoms with Gasteiger partial charge in [0, 0.05) is 21.7 Å². The fourth-order valence-electron chi connectivity index (χ4n) is 2.07. The van der Waals surface area contributed by atoms with Gasteiger partial charge in [0.05, 0.1) is 0 Å². The van der Waals surface area contributed by atoms with Crippen LogP contribution in [0.1, 0.15) is 22.7 Å². The zero-order valence-electron chi connectivity index (χ0n) is 10.2. The summed E-state index contributed by atoms with van der Waals surface area (Å²) in [4.78, 5) is 4.45. The smallest absolute Gasteiger partial charge is 0.0413 e. The van der Waals surface area contributed by atoms with Crippen molar-refractivity contribution in [3.8, 4) is 0 Å². The molecule has 0 saturated heterocycles. The van der Waals surface area contributed by atoms with Crippen LogP contribution in [-0.4, -0.2) is 10.3 Å². The van der Waals surface area contributed by atoms with Gasteiger partial charge in [0.25, 0.3) is 0 Å². The topological polar surface area (TPSA) is 12.9 Å². The Hall–Kier alpha value is -0.670. The van der Waals surface area contributed by atoms with E-state index in [-0.39, 0.29) is 0 Å². The van der Waals surface area contributed by atoms with Crippen LogP contribution in [0.25, 0.3) is 0 Å². The van der Waals surface area contributed by atoms with Gasteiger partial charge in [0.1, 0.15) is 0 Å². The van der Waals surface area contributed by atoms with Gasteiger partial charge in [-0.05, 0) is 58.5 Å². The first-order valence-corrected chi connectivity index (χ1v) is 7.84. The number of pyridine rings is 1. The van der Waals surface area contributed by atoms with Crippen LogP contribution < -0.4 is 0 Å². The predicted molar refractivity (Wildman–Crippen MR) is 83.4 cm³/mol. The number of halogens is 2. The Morgan fingerprint density at radius 2 is 1.94 bits per heavy atom. The van der Waals surface area contributed by atoms with Crippen molar-refractivity contribution in [3.63, 3.8) is 0 Å². The normalized spacial score (nSPS) is 12.4. The lowest BCUT2D eigenvalue weighted by atomic mass is 9.92. The summed E-state index contributed by atoms with van der Waals surface area (Å²) in [5.74, 6) is 0.472. The summed E-state index contributed by atoms with van der Waals surface area (Å²) in [7, 11) is 0. The van der Waals surface area contributed by atoms with Gasteiger partial charge in [0.15, 0.2) is 0 Å². The Labute approximate surface area is 125 Å². The van der Waals surface area contributed by atoms with E-state index in [1.165, 1.54) is 11.1 Å². The third-order valence-corrected chi connectivity index (χ3v) is 4.31. The van der Waals surface area contributed by atoms with Crippen LogP contribution in [0.15, 0.2) is 47.1 Å². The molecular formula is C15H15Br2N. The lowest BCUT2D eigenvalue weighted by Gasteiger charge is -2.16. The molecule has 0 radical (unpaired) electrons. The standard InChI is InChI=1S/C15H15Br2N/c1-11-4-2-3-5-15(11)12(9-16)8-14-7-6-13(17)10-18-14/h2-7,10,12H,8-9H2,1H3. The van der Waals surface area contributed by atoms with Gasteiger partial charge < -0.3 is 0 Å². The number of nitrogens with zero attached hydrogens (tertiary/aromatic N) is 1. The van der Waals surface area contributed by atoms with Gasteiger partial charge in [-0.3, -0.25) is 4.98 Å². The number of benzene rings is 1. The van der Waals surface area contributed by atoms with Crippen LogP contribution in [0.5, 0.6) is 0 Å². The molecule has 18 heavy (non-hydrogen) atoms. The van der Waals surface area contributed by atoms with E-state index in [0.29, 0.717) is 5.92 Å². The second-order valence-corrected chi connectivity index (χ2v) is 5.94. The van der Waals surface area contributed by atoms with E-state index in [4.69, 9.17) is 0 Å². The van der Waals surface area contributed by atoms with Crippen molar-refractivity contribution < 1.29 is 0 Å². The molecule has 0 aliphatic heterocycles. The van der Waals surface area contributed by atoms with Gasteiger partial charge in [0.2, 0.25) is 0 Å². The minimum atomic E-state index is 0.472. The van der Waals surface area contributed by atoms with Crippen molar-refractivity contribution in [1.82, 2.24) is 4.98 Å². The highest BCUT2D eigenvalue weighted by atomic mass is 79.9. The first kappa shape index (κ1) is 13.8. The highest BCUT2D eigenvalue weighted by Gasteiger charge is 2.13. The molecule has 0 aliphatic carbocycles. The number of aryl methyl sites for hydroxylation is 1. The Morgan fingerprint density at radius 1 is 1.17 bits per heavy atom. The molecule has 1 nitrogen and oxygen atoms in total. The molecule has 0 saturated carbocycles. The molecule has 1 aromatic heterocycles. The van der Waals surface area contributed by atoms with Crippen molar-refractivity contribution in [2.75, 3.05) is 5.33 Å². The molecule has 0 amide bonds. The van der Waals surface area contributed by atoms with E-state index in [0.717, 1.165) is 21.9 Å². The fraction of sp³-hybridized carbons (Fsp3) is 0.267. The Morgan fingerprint density at radius 3 is 2.56 bits per heavy atom. The van der Waals surface area contributed by atoms with E-state index < -0.39 is 0 Å². The molecule has 2 aromatic rings. The van der Waals surface area contributed by atoms with Crippen LogP contribution in [0.3, 0.4) is 0 Å². The van der Waals surface area contributed by atoms with Crippen LogP contribution in [0.4, 0.5) is 0 Å². The second kappa shape index (κ2) is 6.48. The maximum absolute atomic E-state index is 4.45. The van der Waals surface area contributed by atoms with E-state index in [1.807, 2.05) is 12.3 Å². The third-order valence-electron chi connectivity index (χ3n) is 3.06. The van der Waals surface area contributed by atoms with E-state index >= 15 is 0 Å². The van der Waals surface area contributed by atoms with Gasteiger partial charge in [-0.15, -0.1) is 0 Å². The van der Waals surface area contributed by atoms with E-state index in [2.05, 4.69) is 74.1 Å². The molecule has 1 heterocycles. The molecule has 0 spiro atoms. The maximum atomic E-state index is 4.45. The zero-order chi connectivity index (χ0) is 13.0. The first-order chi connectivity index (χ1) is 8.70. The van der Waals surface area contributed by atoms with Crippen LogP contribution in [-0.2, 0) is 6.42 Å². The van der Waals surface area contributed by atoms with Crippen LogP contribution >= 0.6 is 31.9 Å². The highest BCUT2D eigenvalue weighted by Crippen LogP contribution is 2.25. The lowest BCUT2D eigenvalue weighted by Crippen LogP contribution is -2.07. The molecule has 0 aliphatic rings. The molecule has 1 aromatic carbocycles. The van der Waals surface area contributed by atoms with Crippen molar-refractivity contribution in [2.24, 2.45) is 0 Å². The second-order valence-electron chi connectivity index (χ2n) is 4.38. The van der Waals surface area contributed by atoms with Crippen molar-refractivity contribution in [3.05, 3.63) is 63.9 Å². The summed E-state index contributed by atoms with van der Waals surface area (Å²) in [6, 6.07) is 12.7. The molecule has 1 atom stereocenters. The molecule has 0 bridgehead atoms. The molecule has 3 heteroatoms. The molecule has 0 N–H and O–H groups in total. The maximum Gasteiger partial charge on any atom is 0.0413 e. The van der Waals surface area contributed by atoms with Gasteiger partial charge >= 0.3 is 0 Å². The molecule has 2 rings (SSSR count). The molecule has 94 valence electrons. The number of aromatic nitrogens is 1. The Kier molecular flexibility index (Phi) is 4.95. The van der Waals surface area contributed by atoms with Crippen molar-refractivity contribution in [2.45, 2.75) is 19.3 Å². The summed E-state index contributed by atoms with van der Waals surface area (Å²) < 4.78 is 1.03. The number of alkyl halides is 1. The summed E-state index contributed by atoms with van der Waals surface area (Å²) in [5, 5.41) is 0.954. The van der Waals surface area contributed by atoms with E-state index in [1.54, 1.807) is 0 Å². The minimum Gasteiger partial charge on any atom is -0.260 e. The Bertz CT molecular complexity index is 508. The van der Waals surface area contributed by atoms with Gasteiger partial charge in [-0.25, -0.2) is 0 Å². The Balaban J connectivity index is 2.20. The number of rotatable bonds is 4. The van der Waals surface area contributed by atoms with Gasteiger partial charge in [-0.1, -0.05) is 40.2 Å². The SMILES string of the molecule is Cc1ccccc1C(CBr)Cc1ccc(Br)cn1. The number of hydrogen-bond acceptors (Lipinski definition) is 1. The van der Waals surface area contributed by atoms with Crippen molar-refractivity contribution in [1.29, 1.82) is 0 Å². The van der Waals surface area contributed by atoms with Gasteiger partial charge in [-0.2, -0.15) is 0 Å².